The SMILES string of the molecule is Cl.ClCc1cncc(Cc2ccc(Cl)cc2)c1. The first kappa shape index (κ1) is 14.3. The van der Waals surface area contributed by atoms with Crippen molar-refractivity contribution >= 4 is 35.6 Å². The van der Waals surface area contributed by atoms with Gasteiger partial charge in [0.15, 0.2) is 0 Å². The van der Waals surface area contributed by atoms with Crippen LogP contribution in [0.15, 0.2) is 42.7 Å². The van der Waals surface area contributed by atoms with E-state index in [2.05, 4.69) is 11.1 Å². The third-order valence-corrected chi connectivity index (χ3v) is 2.89. The topological polar surface area (TPSA) is 12.9 Å². The Morgan fingerprint density at radius 1 is 0.941 bits per heavy atom. The molecule has 2 aromatic rings. The Bertz CT molecular complexity index is 468. The van der Waals surface area contributed by atoms with Crippen LogP contribution in [-0.2, 0) is 12.3 Å². The van der Waals surface area contributed by atoms with Gasteiger partial charge >= 0.3 is 0 Å². The third kappa shape index (κ3) is 4.19. The molecule has 0 aliphatic rings. The van der Waals surface area contributed by atoms with Crippen LogP contribution in [-0.4, -0.2) is 4.98 Å². The van der Waals surface area contributed by atoms with Crippen molar-refractivity contribution in [2.75, 3.05) is 0 Å². The standard InChI is InChI=1S/C13H11Cl2N.ClH/c14-7-12-6-11(8-16-9-12)5-10-1-3-13(15)4-2-10;/h1-4,6,8-9H,5,7H2;1H. The zero-order valence-corrected chi connectivity index (χ0v) is 11.4. The molecule has 4 heteroatoms. The second-order valence-corrected chi connectivity index (χ2v) is 4.34. The number of halogens is 3. The number of hydrogen-bond donors (Lipinski definition) is 0. The molecule has 0 aliphatic carbocycles. The minimum atomic E-state index is 0. The predicted molar refractivity (Wildman–Crippen MR) is 75.3 cm³/mol. The highest BCUT2D eigenvalue weighted by Crippen LogP contribution is 2.14. The summed E-state index contributed by atoms with van der Waals surface area (Å²) < 4.78 is 0. The van der Waals surface area contributed by atoms with Gasteiger partial charge in [0.1, 0.15) is 0 Å². The molecular weight excluding hydrogens is 277 g/mol. The molecular formula is C13H12Cl3N. The number of rotatable bonds is 3. The van der Waals surface area contributed by atoms with Crippen LogP contribution in [0.2, 0.25) is 5.02 Å². The molecule has 0 bridgehead atoms. The molecule has 0 radical (unpaired) electrons. The van der Waals surface area contributed by atoms with Crippen LogP contribution in [0.25, 0.3) is 0 Å². The average Bonchev–Trinajstić information content (AvgIpc) is 2.32. The fourth-order valence-corrected chi connectivity index (χ4v) is 1.82. The summed E-state index contributed by atoms with van der Waals surface area (Å²) in [6.45, 7) is 0. The molecule has 0 saturated heterocycles. The van der Waals surface area contributed by atoms with Crippen molar-refractivity contribution in [1.82, 2.24) is 4.98 Å². The number of alkyl halides is 1. The highest BCUT2D eigenvalue weighted by atomic mass is 35.5. The van der Waals surface area contributed by atoms with Crippen LogP contribution in [0.1, 0.15) is 16.7 Å². The lowest BCUT2D eigenvalue weighted by Crippen LogP contribution is -1.91. The summed E-state index contributed by atoms with van der Waals surface area (Å²) >= 11 is 11.6. The van der Waals surface area contributed by atoms with Crippen molar-refractivity contribution in [3.05, 3.63) is 64.4 Å². The van der Waals surface area contributed by atoms with Gasteiger partial charge in [-0.3, -0.25) is 4.98 Å². The fraction of sp³-hybridized carbons (Fsp3) is 0.154. The Morgan fingerprint density at radius 3 is 2.24 bits per heavy atom. The average molecular weight is 289 g/mol. The Kier molecular flexibility index (Phi) is 5.76. The van der Waals surface area contributed by atoms with Crippen molar-refractivity contribution in [2.24, 2.45) is 0 Å². The summed E-state index contributed by atoms with van der Waals surface area (Å²) in [6.07, 6.45) is 4.51. The van der Waals surface area contributed by atoms with E-state index in [0.717, 1.165) is 17.0 Å². The lowest BCUT2D eigenvalue weighted by molar-refractivity contribution is 1.12. The van der Waals surface area contributed by atoms with Gasteiger partial charge in [-0.15, -0.1) is 24.0 Å². The molecule has 1 heterocycles. The molecule has 0 aliphatic heterocycles. The van der Waals surface area contributed by atoms with E-state index < -0.39 is 0 Å². The second kappa shape index (κ2) is 6.85. The Labute approximate surface area is 117 Å². The van der Waals surface area contributed by atoms with Crippen molar-refractivity contribution in [3.8, 4) is 0 Å². The lowest BCUT2D eigenvalue weighted by atomic mass is 10.1. The highest BCUT2D eigenvalue weighted by molar-refractivity contribution is 6.30. The first-order valence-electron chi connectivity index (χ1n) is 5.01. The van der Waals surface area contributed by atoms with Gasteiger partial charge in [-0.1, -0.05) is 29.8 Å². The quantitative estimate of drug-likeness (QED) is 0.759. The van der Waals surface area contributed by atoms with Crippen LogP contribution in [0.5, 0.6) is 0 Å². The predicted octanol–water partition coefficient (Wildman–Crippen LogP) is 4.49. The maximum absolute atomic E-state index is 5.83. The number of hydrogen-bond acceptors (Lipinski definition) is 1. The van der Waals surface area contributed by atoms with Crippen LogP contribution < -0.4 is 0 Å². The monoisotopic (exact) mass is 287 g/mol. The lowest BCUT2D eigenvalue weighted by Gasteiger charge is -2.03. The molecule has 1 aromatic carbocycles. The van der Waals surface area contributed by atoms with Crippen molar-refractivity contribution < 1.29 is 0 Å². The molecule has 2 rings (SSSR count). The number of benzene rings is 1. The molecule has 90 valence electrons. The molecule has 0 spiro atoms. The Hall–Kier alpha value is -0.760. The van der Waals surface area contributed by atoms with Crippen molar-refractivity contribution in [3.63, 3.8) is 0 Å². The minimum absolute atomic E-state index is 0. The van der Waals surface area contributed by atoms with Crippen LogP contribution in [0, 0.1) is 0 Å². The smallest absolute Gasteiger partial charge is 0.0489 e. The molecule has 1 nitrogen and oxygen atoms in total. The van der Waals surface area contributed by atoms with E-state index in [1.165, 1.54) is 11.1 Å². The number of aromatic nitrogens is 1. The second-order valence-electron chi connectivity index (χ2n) is 3.64. The summed E-state index contributed by atoms with van der Waals surface area (Å²) in [5.74, 6) is 0.501. The van der Waals surface area contributed by atoms with E-state index >= 15 is 0 Å². The third-order valence-electron chi connectivity index (χ3n) is 2.33. The zero-order chi connectivity index (χ0) is 11.4. The molecule has 17 heavy (non-hydrogen) atoms. The summed E-state index contributed by atoms with van der Waals surface area (Å²) in [7, 11) is 0. The summed E-state index contributed by atoms with van der Waals surface area (Å²) in [5, 5.41) is 0.761. The van der Waals surface area contributed by atoms with E-state index in [9.17, 15) is 0 Å². The molecule has 0 N–H and O–H groups in total. The largest absolute Gasteiger partial charge is 0.264 e. The summed E-state index contributed by atoms with van der Waals surface area (Å²) in [4.78, 5) is 4.16. The van der Waals surface area contributed by atoms with Gasteiger partial charge in [-0.05, 0) is 35.2 Å². The van der Waals surface area contributed by atoms with E-state index in [1.807, 2.05) is 30.5 Å². The fourth-order valence-electron chi connectivity index (χ4n) is 1.55. The molecule has 0 amide bonds. The summed E-state index contributed by atoms with van der Waals surface area (Å²) in [5.41, 5.74) is 3.44. The van der Waals surface area contributed by atoms with Crippen LogP contribution in [0.4, 0.5) is 0 Å². The first-order chi connectivity index (χ1) is 7.78. The minimum Gasteiger partial charge on any atom is -0.264 e. The van der Waals surface area contributed by atoms with Gasteiger partial charge < -0.3 is 0 Å². The molecule has 0 unspecified atom stereocenters. The Morgan fingerprint density at radius 2 is 1.59 bits per heavy atom. The van der Waals surface area contributed by atoms with E-state index in [4.69, 9.17) is 23.2 Å². The maximum Gasteiger partial charge on any atom is 0.0489 e. The number of nitrogens with zero attached hydrogens (tertiary/aromatic N) is 1. The number of pyridine rings is 1. The van der Waals surface area contributed by atoms with Gasteiger partial charge in [-0.2, -0.15) is 0 Å². The highest BCUT2D eigenvalue weighted by Gasteiger charge is 1.98. The van der Waals surface area contributed by atoms with Gasteiger partial charge in [-0.25, -0.2) is 0 Å². The van der Waals surface area contributed by atoms with E-state index in [1.54, 1.807) is 6.20 Å². The Balaban J connectivity index is 0.00000144. The maximum atomic E-state index is 5.83. The van der Waals surface area contributed by atoms with E-state index in [-0.39, 0.29) is 12.4 Å². The normalized spacial score (nSPS) is 9.76. The van der Waals surface area contributed by atoms with Gasteiger partial charge in [0.2, 0.25) is 0 Å². The van der Waals surface area contributed by atoms with Crippen molar-refractivity contribution in [2.45, 2.75) is 12.3 Å². The van der Waals surface area contributed by atoms with Crippen molar-refractivity contribution in [1.29, 1.82) is 0 Å². The van der Waals surface area contributed by atoms with Gasteiger partial charge in [0.05, 0.1) is 0 Å². The van der Waals surface area contributed by atoms with Crippen LogP contribution in [0.3, 0.4) is 0 Å². The molecule has 0 fully saturated rings. The van der Waals surface area contributed by atoms with Crippen LogP contribution >= 0.6 is 35.6 Å². The van der Waals surface area contributed by atoms with Gasteiger partial charge in [0, 0.05) is 23.3 Å². The zero-order valence-electron chi connectivity index (χ0n) is 9.07. The van der Waals surface area contributed by atoms with Gasteiger partial charge in [0.25, 0.3) is 0 Å². The summed E-state index contributed by atoms with van der Waals surface area (Å²) in [6, 6.07) is 9.92. The molecule has 0 atom stereocenters. The first-order valence-corrected chi connectivity index (χ1v) is 5.92. The van der Waals surface area contributed by atoms with E-state index in [0.29, 0.717) is 5.88 Å². The molecule has 1 aromatic heterocycles. The molecule has 0 saturated carbocycles.